The highest BCUT2D eigenvalue weighted by Crippen LogP contribution is 2.29. The Morgan fingerprint density at radius 3 is 2.34 bits per heavy atom. The van der Waals surface area contributed by atoms with E-state index in [9.17, 15) is 24.3 Å². The molecular formula is C26H22BrN3O5. The number of anilines is 1. The van der Waals surface area contributed by atoms with Crippen LogP contribution in [-0.4, -0.2) is 33.5 Å². The van der Waals surface area contributed by atoms with Crippen LogP contribution >= 0.6 is 15.9 Å². The van der Waals surface area contributed by atoms with E-state index in [-0.39, 0.29) is 11.1 Å². The number of aryl methyl sites for hydroxylation is 3. The number of amides is 4. The van der Waals surface area contributed by atoms with Gasteiger partial charge in [0.25, 0.3) is 11.8 Å². The van der Waals surface area contributed by atoms with Gasteiger partial charge in [0.1, 0.15) is 5.57 Å². The second-order valence-electron chi connectivity index (χ2n) is 8.36. The predicted octanol–water partition coefficient (Wildman–Crippen LogP) is 4.84. The van der Waals surface area contributed by atoms with Crippen LogP contribution in [0.15, 0.2) is 52.5 Å². The van der Waals surface area contributed by atoms with Crippen LogP contribution in [0.3, 0.4) is 0 Å². The molecule has 0 unspecified atom stereocenters. The molecule has 3 aromatic rings. The van der Waals surface area contributed by atoms with Gasteiger partial charge in [0.2, 0.25) is 0 Å². The normalized spacial score (nSPS) is 15.1. The third-order valence-electron chi connectivity index (χ3n) is 5.97. The van der Waals surface area contributed by atoms with E-state index in [0.717, 1.165) is 26.2 Å². The number of barbiturate groups is 1. The van der Waals surface area contributed by atoms with Crippen LogP contribution in [-0.2, 0) is 9.59 Å². The van der Waals surface area contributed by atoms with Crippen LogP contribution in [0.5, 0.6) is 0 Å². The number of nitrogens with one attached hydrogen (secondary N) is 1. The largest absolute Gasteiger partial charge is 0.478 e. The molecule has 0 bridgehead atoms. The summed E-state index contributed by atoms with van der Waals surface area (Å²) < 4.78 is 2.70. The summed E-state index contributed by atoms with van der Waals surface area (Å²) in [5.41, 5.74) is 4.80. The first kappa shape index (κ1) is 24.2. The molecule has 0 saturated carbocycles. The average molecular weight is 536 g/mol. The third kappa shape index (κ3) is 4.30. The van der Waals surface area contributed by atoms with Crippen molar-refractivity contribution in [1.29, 1.82) is 0 Å². The Hall–Kier alpha value is -3.98. The number of carboxylic acid groups (broad SMARTS) is 1. The van der Waals surface area contributed by atoms with Crippen LogP contribution in [0, 0.1) is 27.7 Å². The van der Waals surface area contributed by atoms with Crippen LogP contribution < -0.4 is 10.2 Å². The van der Waals surface area contributed by atoms with Gasteiger partial charge in [0, 0.05) is 21.5 Å². The van der Waals surface area contributed by atoms with Crippen molar-refractivity contribution < 1.29 is 24.3 Å². The number of carboxylic acids is 1. The molecule has 4 rings (SSSR count). The number of carbonyl (C=O) groups is 4. The number of benzene rings is 2. The Morgan fingerprint density at radius 1 is 0.971 bits per heavy atom. The minimum atomic E-state index is -1.03. The summed E-state index contributed by atoms with van der Waals surface area (Å²) in [5.74, 6) is -2.54. The van der Waals surface area contributed by atoms with Crippen molar-refractivity contribution in [3.8, 4) is 5.69 Å². The quantitative estimate of drug-likeness (QED) is 0.367. The van der Waals surface area contributed by atoms with Crippen molar-refractivity contribution in [2.45, 2.75) is 27.7 Å². The number of hydrogen-bond donors (Lipinski definition) is 2. The average Bonchev–Trinajstić information content (AvgIpc) is 3.06. The molecule has 2 heterocycles. The molecule has 1 saturated heterocycles. The Bertz CT molecular complexity index is 1470. The minimum absolute atomic E-state index is 0.152. The number of carbonyl (C=O) groups excluding carboxylic acids is 3. The van der Waals surface area contributed by atoms with Crippen molar-refractivity contribution in [1.82, 2.24) is 9.88 Å². The lowest BCUT2D eigenvalue weighted by Gasteiger charge is -2.26. The second-order valence-corrected chi connectivity index (χ2v) is 9.21. The predicted molar refractivity (Wildman–Crippen MR) is 135 cm³/mol. The summed E-state index contributed by atoms with van der Waals surface area (Å²) in [6, 6.07) is 10.9. The molecule has 1 fully saturated rings. The maximum Gasteiger partial charge on any atom is 0.335 e. The van der Waals surface area contributed by atoms with Crippen molar-refractivity contribution in [2.24, 2.45) is 0 Å². The number of urea groups is 1. The van der Waals surface area contributed by atoms with Crippen molar-refractivity contribution in [3.63, 3.8) is 0 Å². The molecule has 35 heavy (non-hydrogen) atoms. The highest BCUT2D eigenvalue weighted by atomic mass is 79.9. The number of rotatable bonds is 4. The maximum atomic E-state index is 13.3. The lowest BCUT2D eigenvalue weighted by Crippen LogP contribution is -2.54. The number of halogens is 1. The number of nitrogens with zero attached hydrogens (tertiary/aromatic N) is 2. The van der Waals surface area contributed by atoms with Crippen molar-refractivity contribution >= 4 is 51.5 Å². The van der Waals surface area contributed by atoms with Crippen LogP contribution in [0.4, 0.5) is 10.5 Å². The summed E-state index contributed by atoms with van der Waals surface area (Å²) in [6.07, 6.45) is 1.46. The summed E-state index contributed by atoms with van der Waals surface area (Å²) in [7, 11) is 0. The zero-order chi connectivity index (χ0) is 25.6. The Kier molecular flexibility index (Phi) is 6.21. The van der Waals surface area contributed by atoms with Gasteiger partial charge >= 0.3 is 12.0 Å². The van der Waals surface area contributed by atoms with Crippen LogP contribution in [0.1, 0.15) is 38.4 Å². The van der Waals surface area contributed by atoms with E-state index < -0.39 is 23.8 Å². The fourth-order valence-corrected chi connectivity index (χ4v) is 4.35. The molecule has 2 N–H and O–H groups in total. The van der Waals surface area contributed by atoms with E-state index in [1.165, 1.54) is 6.08 Å². The van der Waals surface area contributed by atoms with Gasteiger partial charge in [-0.2, -0.15) is 0 Å². The zero-order valence-corrected chi connectivity index (χ0v) is 21.1. The van der Waals surface area contributed by atoms with E-state index in [1.54, 1.807) is 42.5 Å². The first-order valence-electron chi connectivity index (χ1n) is 10.7. The molecular weight excluding hydrogens is 514 g/mol. The molecule has 9 heteroatoms. The Balaban J connectivity index is 1.79. The minimum Gasteiger partial charge on any atom is -0.478 e. The zero-order valence-electron chi connectivity index (χ0n) is 19.5. The van der Waals surface area contributed by atoms with Gasteiger partial charge in [-0.3, -0.25) is 14.9 Å². The van der Waals surface area contributed by atoms with Crippen molar-refractivity contribution in [3.05, 3.63) is 86.2 Å². The van der Waals surface area contributed by atoms with Gasteiger partial charge < -0.3 is 9.67 Å². The summed E-state index contributed by atoms with van der Waals surface area (Å²) in [4.78, 5) is 50.9. The molecule has 178 valence electrons. The van der Waals surface area contributed by atoms with Gasteiger partial charge in [0.05, 0.1) is 11.3 Å². The molecule has 1 aromatic heterocycles. The molecule has 8 nitrogen and oxygen atoms in total. The summed E-state index contributed by atoms with van der Waals surface area (Å²) >= 11 is 3.40. The van der Waals surface area contributed by atoms with E-state index in [2.05, 4.69) is 21.2 Å². The second kappa shape index (κ2) is 8.99. The number of aromatic carboxylic acids is 1. The fourth-order valence-electron chi connectivity index (χ4n) is 4.10. The molecule has 0 aliphatic carbocycles. The SMILES string of the molecule is Cc1cc(N2C(=O)NC(=O)/C(=C\c3cc(C)n(-c4cc(C(=O)O)ccc4C)c3C)C2=O)ccc1Br. The van der Waals surface area contributed by atoms with E-state index in [4.69, 9.17) is 0 Å². The van der Waals surface area contributed by atoms with E-state index >= 15 is 0 Å². The summed E-state index contributed by atoms with van der Waals surface area (Å²) in [6.45, 7) is 7.38. The molecule has 4 amide bonds. The fraction of sp³-hybridized carbons (Fsp3) is 0.154. The van der Waals surface area contributed by atoms with Gasteiger partial charge in [-0.25, -0.2) is 14.5 Å². The first-order chi connectivity index (χ1) is 16.5. The monoisotopic (exact) mass is 535 g/mol. The van der Waals surface area contributed by atoms with Crippen LogP contribution in [0.25, 0.3) is 11.8 Å². The lowest BCUT2D eigenvalue weighted by molar-refractivity contribution is -0.122. The smallest absolute Gasteiger partial charge is 0.335 e. The molecule has 0 atom stereocenters. The van der Waals surface area contributed by atoms with Gasteiger partial charge in [0.15, 0.2) is 0 Å². The Morgan fingerprint density at radius 2 is 1.69 bits per heavy atom. The maximum absolute atomic E-state index is 13.3. The number of aromatic nitrogens is 1. The van der Waals surface area contributed by atoms with Gasteiger partial charge in [-0.05, 0) is 86.9 Å². The molecule has 1 aliphatic heterocycles. The van der Waals surface area contributed by atoms with Crippen LogP contribution in [0.2, 0.25) is 0 Å². The lowest BCUT2D eigenvalue weighted by atomic mass is 10.1. The molecule has 0 radical (unpaired) electrons. The van der Waals surface area contributed by atoms with E-state index in [0.29, 0.717) is 22.6 Å². The molecule has 0 spiro atoms. The van der Waals surface area contributed by atoms with Gasteiger partial charge in [-0.1, -0.05) is 22.0 Å². The van der Waals surface area contributed by atoms with Gasteiger partial charge in [-0.15, -0.1) is 0 Å². The molecule has 2 aromatic carbocycles. The highest BCUT2D eigenvalue weighted by molar-refractivity contribution is 9.10. The highest BCUT2D eigenvalue weighted by Gasteiger charge is 2.37. The number of hydrogen-bond acceptors (Lipinski definition) is 4. The molecule has 1 aliphatic rings. The number of imide groups is 2. The summed E-state index contributed by atoms with van der Waals surface area (Å²) in [5, 5.41) is 11.6. The van der Waals surface area contributed by atoms with E-state index in [1.807, 2.05) is 32.3 Å². The standard InChI is InChI=1S/C26H22BrN3O5/c1-13-5-6-17(25(33)34)12-22(13)29-15(3)10-18(16(29)4)11-20-23(31)28-26(35)30(24(20)32)19-7-8-21(27)14(2)9-19/h5-12H,1-4H3,(H,33,34)(H,28,31,35)/b20-11+. The third-order valence-corrected chi connectivity index (χ3v) is 6.86. The Labute approximate surface area is 210 Å². The topological polar surface area (TPSA) is 109 Å². The first-order valence-corrected chi connectivity index (χ1v) is 11.5. The van der Waals surface area contributed by atoms with Crippen molar-refractivity contribution in [2.75, 3.05) is 4.90 Å².